The van der Waals surface area contributed by atoms with E-state index in [4.69, 9.17) is 13.9 Å². The number of carbonyl (C=O) groups excluding carboxylic acids is 1. The third-order valence-corrected chi connectivity index (χ3v) is 5.56. The second kappa shape index (κ2) is 11.1. The third-order valence-electron chi connectivity index (χ3n) is 5.56. The normalized spacial score (nSPS) is 17.0. The monoisotopic (exact) mass is 534 g/mol. The summed E-state index contributed by atoms with van der Waals surface area (Å²) in [7, 11) is 0. The number of benzene rings is 1. The maximum Gasteiger partial charge on any atom is 0.452 e. The van der Waals surface area contributed by atoms with Crippen molar-refractivity contribution in [1.82, 2.24) is 9.97 Å². The van der Waals surface area contributed by atoms with Crippen LogP contribution in [0, 0.1) is 0 Å². The smallest absolute Gasteiger partial charge is 0.431 e. The Balaban J connectivity index is 1.37. The predicted octanol–water partition coefficient (Wildman–Crippen LogP) is 4.74. The molecule has 2 atom stereocenters. The van der Waals surface area contributed by atoms with Gasteiger partial charge in [-0.25, -0.2) is 9.97 Å². The summed E-state index contributed by atoms with van der Waals surface area (Å²) < 4.78 is 56.7. The van der Waals surface area contributed by atoms with Gasteiger partial charge in [-0.05, 0) is 51.5 Å². The number of amides is 1. The first-order valence-corrected chi connectivity index (χ1v) is 12.0. The number of anilines is 2. The molecule has 1 fully saturated rings. The van der Waals surface area contributed by atoms with Crippen LogP contribution in [-0.4, -0.2) is 58.7 Å². The lowest BCUT2D eigenvalue weighted by Crippen LogP contribution is -2.32. The predicted molar refractivity (Wildman–Crippen MR) is 133 cm³/mol. The highest BCUT2D eigenvalue weighted by Gasteiger charge is 2.42. The topological polar surface area (TPSA) is 110 Å². The molecule has 0 radical (unpaired) electrons. The lowest BCUT2D eigenvalue weighted by Gasteiger charge is -2.25. The zero-order valence-corrected chi connectivity index (χ0v) is 21.2. The van der Waals surface area contributed by atoms with E-state index in [1.807, 2.05) is 25.7 Å². The zero-order chi connectivity index (χ0) is 27.5. The SMILES string of the molecule is CC(C)(C)OC(O)COC1CCN(c2ccc(NC(=O)c3nc(-c4ccccc4)oc3C(F)(F)F)cn2)C1. The number of pyridine rings is 1. The average molecular weight is 535 g/mol. The average Bonchev–Trinajstić information content (AvgIpc) is 3.51. The van der Waals surface area contributed by atoms with E-state index in [9.17, 15) is 23.1 Å². The fourth-order valence-electron chi connectivity index (χ4n) is 3.94. The van der Waals surface area contributed by atoms with Crippen molar-refractivity contribution in [2.45, 2.75) is 51.4 Å². The van der Waals surface area contributed by atoms with E-state index in [-0.39, 0.29) is 24.3 Å². The van der Waals surface area contributed by atoms with Crippen LogP contribution in [0.4, 0.5) is 24.7 Å². The minimum Gasteiger partial charge on any atom is -0.431 e. The molecule has 38 heavy (non-hydrogen) atoms. The van der Waals surface area contributed by atoms with Crippen molar-refractivity contribution >= 4 is 17.4 Å². The Hall–Kier alpha value is -3.48. The zero-order valence-electron chi connectivity index (χ0n) is 21.2. The molecule has 2 aromatic heterocycles. The van der Waals surface area contributed by atoms with Gasteiger partial charge in [0.2, 0.25) is 11.7 Å². The largest absolute Gasteiger partial charge is 0.452 e. The summed E-state index contributed by atoms with van der Waals surface area (Å²) in [5.74, 6) is -2.23. The summed E-state index contributed by atoms with van der Waals surface area (Å²) in [5, 5.41) is 12.4. The summed E-state index contributed by atoms with van der Waals surface area (Å²) in [6.45, 7) is 6.77. The van der Waals surface area contributed by atoms with Gasteiger partial charge in [-0.15, -0.1) is 0 Å². The van der Waals surface area contributed by atoms with Gasteiger partial charge >= 0.3 is 6.18 Å². The van der Waals surface area contributed by atoms with Crippen LogP contribution in [0.3, 0.4) is 0 Å². The Bertz CT molecular complexity index is 1230. The second-order valence-electron chi connectivity index (χ2n) is 9.79. The van der Waals surface area contributed by atoms with Gasteiger partial charge in [0.15, 0.2) is 12.0 Å². The molecule has 0 spiro atoms. The van der Waals surface area contributed by atoms with Crippen LogP contribution in [0.15, 0.2) is 53.1 Å². The lowest BCUT2D eigenvalue weighted by molar-refractivity contribution is -0.195. The molecule has 9 nitrogen and oxygen atoms in total. The molecule has 3 aromatic rings. The molecule has 1 aliphatic rings. The molecule has 204 valence electrons. The number of aliphatic hydroxyl groups excluding tert-OH is 1. The number of nitrogens with one attached hydrogen (secondary N) is 1. The first-order valence-electron chi connectivity index (χ1n) is 12.0. The number of aromatic nitrogens is 2. The molecule has 1 aromatic carbocycles. The molecule has 1 amide bonds. The summed E-state index contributed by atoms with van der Waals surface area (Å²) in [5.41, 5.74) is -0.840. The fraction of sp³-hybridized carbons (Fsp3) is 0.423. The van der Waals surface area contributed by atoms with Gasteiger partial charge in [-0.1, -0.05) is 18.2 Å². The number of alkyl halides is 3. The molecule has 4 rings (SSSR count). The highest BCUT2D eigenvalue weighted by molar-refractivity contribution is 6.04. The van der Waals surface area contributed by atoms with Gasteiger partial charge in [0, 0.05) is 18.7 Å². The molecule has 1 saturated heterocycles. The molecule has 12 heteroatoms. The number of ether oxygens (including phenoxy) is 2. The van der Waals surface area contributed by atoms with Gasteiger partial charge < -0.3 is 29.2 Å². The molecular formula is C26H29F3N4O5. The fourth-order valence-corrected chi connectivity index (χ4v) is 3.94. The van der Waals surface area contributed by atoms with Crippen LogP contribution in [-0.2, 0) is 15.7 Å². The molecule has 1 aliphatic heterocycles. The number of oxazole rings is 1. The van der Waals surface area contributed by atoms with Crippen molar-refractivity contribution in [1.29, 1.82) is 0 Å². The molecular weight excluding hydrogens is 505 g/mol. The van der Waals surface area contributed by atoms with Crippen LogP contribution < -0.4 is 10.2 Å². The Kier molecular flexibility index (Phi) is 8.05. The first kappa shape index (κ1) is 27.6. The van der Waals surface area contributed by atoms with Crippen molar-refractivity contribution in [2.24, 2.45) is 0 Å². The van der Waals surface area contributed by atoms with E-state index in [0.717, 1.165) is 6.42 Å². The van der Waals surface area contributed by atoms with Crippen molar-refractivity contribution in [2.75, 3.05) is 29.9 Å². The number of hydrogen-bond donors (Lipinski definition) is 2. The standard InChI is InChI=1S/C26H29F3N4O5/c1-25(2,3)38-20(34)15-36-18-11-12-33(14-18)19-10-9-17(13-30-19)31-23(35)21-22(26(27,28)29)37-24(32-21)16-7-5-4-6-8-16/h4-10,13,18,20,34H,11-12,14-15H2,1-3H3,(H,31,35). The Morgan fingerprint density at radius 3 is 2.58 bits per heavy atom. The third kappa shape index (κ3) is 7.09. The number of aliphatic hydroxyl groups is 1. The summed E-state index contributed by atoms with van der Waals surface area (Å²) in [6.07, 6.45) is -3.98. The highest BCUT2D eigenvalue weighted by Crippen LogP contribution is 2.35. The molecule has 0 aliphatic carbocycles. The van der Waals surface area contributed by atoms with Crippen LogP contribution in [0.5, 0.6) is 0 Å². The molecule has 0 bridgehead atoms. The van der Waals surface area contributed by atoms with Crippen LogP contribution in [0.2, 0.25) is 0 Å². The summed E-state index contributed by atoms with van der Waals surface area (Å²) in [6, 6.07) is 11.2. The molecule has 3 heterocycles. The maximum atomic E-state index is 13.5. The van der Waals surface area contributed by atoms with Gasteiger partial charge in [0.05, 0.1) is 30.2 Å². The first-order chi connectivity index (χ1) is 17.9. The molecule has 2 N–H and O–H groups in total. The Labute approximate surface area is 217 Å². The van der Waals surface area contributed by atoms with Crippen molar-refractivity contribution in [3.8, 4) is 11.5 Å². The number of nitrogens with zero attached hydrogens (tertiary/aromatic N) is 3. The number of halogens is 3. The van der Waals surface area contributed by atoms with E-state index in [0.29, 0.717) is 24.5 Å². The van der Waals surface area contributed by atoms with Crippen molar-refractivity contribution in [3.63, 3.8) is 0 Å². The van der Waals surface area contributed by atoms with E-state index < -0.39 is 35.4 Å². The summed E-state index contributed by atoms with van der Waals surface area (Å²) in [4.78, 5) is 22.8. The minimum absolute atomic E-state index is 0.0438. The van der Waals surface area contributed by atoms with Crippen LogP contribution in [0.1, 0.15) is 43.4 Å². The van der Waals surface area contributed by atoms with Gasteiger partial charge in [0.25, 0.3) is 5.91 Å². The number of hydrogen-bond acceptors (Lipinski definition) is 8. The maximum absolute atomic E-state index is 13.5. The lowest BCUT2D eigenvalue weighted by atomic mass is 10.2. The van der Waals surface area contributed by atoms with Gasteiger partial charge in [-0.3, -0.25) is 4.79 Å². The van der Waals surface area contributed by atoms with Crippen molar-refractivity contribution in [3.05, 3.63) is 60.1 Å². The van der Waals surface area contributed by atoms with Gasteiger partial charge in [-0.2, -0.15) is 13.2 Å². The minimum atomic E-state index is -4.90. The van der Waals surface area contributed by atoms with E-state index in [1.54, 1.807) is 30.3 Å². The molecule has 0 saturated carbocycles. The van der Waals surface area contributed by atoms with E-state index in [2.05, 4.69) is 15.3 Å². The van der Waals surface area contributed by atoms with Crippen molar-refractivity contribution < 1.29 is 37.0 Å². The summed E-state index contributed by atoms with van der Waals surface area (Å²) >= 11 is 0. The van der Waals surface area contributed by atoms with E-state index >= 15 is 0 Å². The number of carbonyl (C=O) groups is 1. The number of rotatable bonds is 8. The Morgan fingerprint density at radius 2 is 1.95 bits per heavy atom. The van der Waals surface area contributed by atoms with Crippen LogP contribution >= 0.6 is 0 Å². The highest BCUT2D eigenvalue weighted by atomic mass is 19.4. The Morgan fingerprint density at radius 1 is 1.21 bits per heavy atom. The van der Waals surface area contributed by atoms with E-state index in [1.165, 1.54) is 18.3 Å². The quantitative estimate of drug-likeness (QED) is 0.399. The second-order valence-corrected chi connectivity index (χ2v) is 9.79. The molecule has 2 unspecified atom stereocenters. The van der Waals surface area contributed by atoms with Crippen LogP contribution in [0.25, 0.3) is 11.5 Å². The van der Waals surface area contributed by atoms with Gasteiger partial charge in [0.1, 0.15) is 5.82 Å².